The highest BCUT2D eigenvalue weighted by molar-refractivity contribution is 6.51. The first-order chi connectivity index (χ1) is 17.1. The first kappa shape index (κ1) is 24.4. The summed E-state index contributed by atoms with van der Waals surface area (Å²) in [4.78, 5) is 38.0. The van der Waals surface area contributed by atoms with E-state index in [4.69, 9.17) is 4.74 Å². The fourth-order valence-corrected chi connectivity index (χ4v) is 4.02. The van der Waals surface area contributed by atoms with E-state index in [2.05, 4.69) is 0 Å². The van der Waals surface area contributed by atoms with Crippen LogP contribution in [0.1, 0.15) is 31.0 Å². The number of amides is 1. The first-order valence-corrected chi connectivity index (χ1v) is 10.9. The number of aromatic hydroxyl groups is 1. The third kappa shape index (κ3) is 4.48. The summed E-state index contributed by atoms with van der Waals surface area (Å²) in [5, 5.41) is 32.6. The van der Waals surface area contributed by atoms with Crippen LogP contribution in [0, 0.1) is 15.9 Å². The predicted octanol–water partition coefficient (Wildman–Crippen LogP) is 4.85. The van der Waals surface area contributed by atoms with Gasteiger partial charge in [0.25, 0.3) is 11.7 Å². The van der Waals surface area contributed by atoms with Gasteiger partial charge in [0.2, 0.25) is 0 Å². The Morgan fingerprint density at radius 1 is 1.08 bits per heavy atom. The molecule has 0 spiro atoms. The molecule has 1 unspecified atom stereocenters. The molecule has 0 aliphatic carbocycles. The summed E-state index contributed by atoms with van der Waals surface area (Å²) in [5.41, 5.74) is -0.576. The van der Waals surface area contributed by atoms with E-state index in [9.17, 15) is 34.3 Å². The maximum Gasteiger partial charge on any atom is 0.311 e. The molecule has 0 aromatic heterocycles. The van der Waals surface area contributed by atoms with Crippen LogP contribution in [0.3, 0.4) is 0 Å². The summed E-state index contributed by atoms with van der Waals surface area (Å²) in [5.74, 6) is -3.34. The lowest BCUT2D eigenvalue weighted by molar-refractivity contribution is -0.385. The van der Waals surface area contributed by atoms with Gasteiger partial charge in [-0.15, -0.1) is 0 Å². The zero-order chi connectivity index (χ0) is 26.1. The van der Waals surface area contributed by atoms with Crippen molar-refractivity contribution in [3.05, 3.63) is 99.4 Å². The molecule has 10 heteroatoms. The number of halogens is 1. The van der Waals surface area contributed by atoms with Crippen molar-refractivity contribution >= 4 is 28.8 Å². The molecule has 1 atom stereocenters. The van der Waals surface area contributed by atoms with E-state index >= 15 is 0 Å². The van der Waals surface area contributed by atoms with Crippen molar-refractivity contribution in [2.45, 2.75) is 26.0 Å². The van der Waals surface area contributed by atoms with Crippen LogP contribution in [0.5, 0.6) is 11.5 Å². The highest BCUT2D eigenvalue weighted by Gasteiger charge is 2.47. The van der Waals surface area contributed by atoms with Gasteiger partial charge in [-0.25, -0.2) is 4.39 Å². The molecule has 1 amide bonds. The van der Waals surface area contributed by atoms with Gasteiger partial charge in [0.05, 0.1) is 22.6 Å². The third-order valence-corrected chi connectivity index (χ3v) is 5.54. The van der Waals surface area contributed by atoms with Gasteiger partial charge in [0, 0.05) is 17.3 Å². The molecule has 36 heavy (non-hydrogen) atoms. The second-order valence-corrected chi connectivity index (χ2v) is 8.35. The summed E-state index contributed by atoms with van der Waals surface area (Å²) < 4.78 is 19.2. The average Bonchev–Trinajstić information content (AvgIpc) is 3.09. The Kier molecular flexibility index (Phi) is 6.43. The number of ketones is 1. The average molecular weight is 492 g/mol. The lowest BCUT2D eigenvalue weighted by atomic mass is 9.94. The molecule has 0 saturated carbocycles. The highest BCUT2D eigenvalue weighted by Crippen LogP contribution is 2.44. The fraction of sp³-hybridized carbons (Fsp3) is 0.154. The topological polar surface area (TPSA) is 130 Å². The molecule has 1 aliphatic rings. The number of hydrogen-bond acceptors (Lipinski definition) is 7. The van der Waals surface area contributed by atoms with E-state index in [0.29, 0.717) is 5.75 Å². The number of Topliss-reactive ketones (excluding diaryl/α,β-unsaturated/α-hetero) is 1. The quantitative estimate of drug-likeness (QED) is 0.165. The number of carbonyl (C=O) groups excluding carboxylic acids is 2. The van der Waals surface area contributed by atoms with Crippen LogP contribution in [-0.4, -0.2) is 32.9 Å². The first-order valence-electron chi connectivity index (χ1n) is 10.9. The molecule has 3 aromatic rings. The van der Waals surface area contributed by atoms with Gasteiger partial charge in [-0.3, -0.25) is 24.6 Å². The number of carbonyl (C=O) groups is 2. The number of rotatable bonds is 6. The number of phenolic OH excluding ortho intramolecular Hbond substituents is 1. The summed E-state index contributed by atoms with van der Waals surface area (Å²) in [6.45, 7) is 3.64. The number of ether oxygens (including phenoxy) is 1. The number of aliphatic hydroxyl groups is 1. The van der Waals surface area contributed by atoms with Gasteiger partial charge >= 0.3 is 5.69 Å². The van der Waals surface area contributed by atoms with Gasteiger partial charge in [-0.05, 0) is 61.9 Å². The molecule has 1 aliphatic heterocycles. The van der Waals surface area contributed by atoms with Crippen LogP contribution >= 0.6 is 0 Å². The maximum atomic E-state index is 13.6. The van der Waals surface area contributed by atoms with E-state index in [-0.39, 0.29) is 28.5 Å². The Bertz CT molecular complexity index is 1400. The lowest BCUT2D eigenvalue weighted by Crippen LogP contribution is -2.29. The minimum atomic E-state index is -1.30. The third-order valence-electron chi connectivity index (χ3n) is 5.54. The summed E-state index contributed by atoms with van der Waals surface area (Å²) in [6.07, 6.45) is -0.163. The van der Waals surface area contributed by atoms with Gasteiger partial charge in [-0.1, -0.05) is 18.2 Å². The minimum absolute atomic E-state index is 0.0826. The number of hydrogen-bond donors (Lipinski definition) is 2. The van der Waals surface area contributed by atoms with Crippen LogP contribution in [0.4, 0.5) is 15.8 Å². The zero-order valence-corrected chi connectivity index (χ0v) is 19.2. The molecule has 0 radical (unpaired) electrons. The van der Waals surface area contributed by atoms with E-state index in [1.54, 1.807) is 12.1 Å². The molecule has 2 N–H and O–H groups in total. The summed E-state index contributed by atoms with van der Waals surface area (Å²) in [7, 11) is 0. The van der Waals surface area contributed by atoms with Crippen LogP contribution in [0.2, 0.25) is 0 Å². The molecule has 4 rings (SSSR count). The van der Waals surface area contributed by atoms with Gasteiger partial charge in [0.15, 0.2) is 5.75 Å². The van der Waals surface area contributed by atoms with Crippen molar-refractivity contribution < 1.29 is 33.9 Å². The smallest absolute Gasteiger partial charge is 0.311 e. The molecule has 1 saturated heterocycles. The van der Waals surface area contributed by atoms with Crippen molar-refractivity contribution in [1.82, 2.24) is 0 Å². The fourth-order valence-electron chi connectivity index (χ4n) is 4.02. The minimum Gasteiger partial charge on any atom is -0.507 e. The monoisotopic (exact) mass is 492 g/mol. The van der Waals surface area contributed by atoms with Crippen molar-refractivity contribution in [2.24, 2.45) is 0 Å². The molecular weight excluding hydrogens is 471 g/mol. The van der Waals surface area contributed by atoms with Crippen molar-refractivity contribution in [3.63, 3.8) is 0 Å². The Morgan fingerprint density at radius 3 is 2.42 bits per heavy atom. The number of benzene rings is 3. The number of nitrogens with zero attached hydrogens (tertiary/aromatic N) is 2. The number of nitro groups is 1. The zero-order valence-electron chi connectivity index (χ0n) is 19.2. The second-order valence-electron chi connectivity index (χ2n) is 8.35. The Labute approximate surface area is 204 Å². The van der Waals surface area contributed by atoms with Crippen LogP contribution in [0.25, 0.3) is 5.76 Å². The number of aliphatic hydroxyl groups excluding tert-OH is 1. The van der Waals surface area contributed by atoms with Crippen molar-refractivity contribution in [2.75, 3.05) is 4.90 Å². The number of nitro benzene ring substituents is 1. The van der Waals surface area contributed by atoms with E-state index in [1.807, 2.05) is 13.8 Å². The summed E-state index contributed by atoms with van der Waals surface area (Å²) in [6, 6.07) is 13.1. The van der Waals surface area contributed by atoms with Gasteiger partial charge in [-0.2, -0.15) is 0 Å². The summed E-state index contributed by atoms with van der Waals surface area (Å²) >= 11 is 0. The number of anilines is 1. The maximum absolute atomic E-state index is 13.6. The Balaban J connectivity index is 1.95. The van der Waals surface area contributed by atoms with Gasteiger partial charge < -0.3 is 14.9 Å². The standard InChI is InChI=1S/C26H21FN2O7/c1-14(2)36-19-5-3-4-16(12-19)24(31)22-23(15-6-11-21(30)20(13-15)29(34)35)28(26(33)25(22)32)18-9-7-17(27)8-10-18/h3-14,23,30-31H,1-2H3/b24-22-. The highest BCUT2D eigenvalue weighted by atomic mass is 19.1. The SMILES string of the molecule is CC(C)Oc1cccc(/C(O)=C2/C(=O)C(=O)N(c3ccc(F)cc3)C2c2ccc(O)c([N+](=O)[O-])c2)c1. The Hall–Kier alpha value is -4.73. The molecule has 1 heterocycles. The predicted molar refractivity (Wildman–Crippen MR) is 128 cm³/mol. The second kappa shape index (κ2) is 9.49. The van der Waals surface area contributed by atoms with Crippen molar-refractivity contribution in [3.8, 4) is 11.5 Å². The molecule has 9 nitrogen and oxygen atoms in total. The molecule has 0 bridgehead atoms. The molecule has 1 fully saturated rings. The molecule has 184 valence electrons. The van der Waals surface area contributed by atoms with Crippen LogP contribution in [-0.2, 0) is 9.59 Å². The van der Waals surface area contributed by atoms with Crippen LogP contribution in [0.15, 0.2) is 72.3 Å². The largest absolute Gasteiger partial charge is 0.507 e. The van der Waals surface area contributed by atoms with E-state index < -0.39 is 45.7 Å². The molecular formula is C26H21FN2O7. The van der Waals surface area contributed by atoms with E-state index in [0.717, 1.165) is 29.2 Å². The lowest BCUT2D eigenvalue weighted by Gasteiger charge is -2.25. The Morgan fingerprint density at radius 2 is 1.78 bits per heavy atom. The van der Waals surface area contributed by atoms with Gasteiger partial charge in [0.1, 0.15) is 17.3 Å². The molecule has 3 aromatic carbocycles. The number of phenols is 1. The van der Waals surface area contributed by atoms with E-state index in [1.165, 1.54) is 30.3 Å². The van der Waals surface area contributed by atoms with Crippen molar-refractivity contribution in [1.29, 1.82) is 0 Å². The normalized spacial score (nSPS) is 17.0. The van der Waals surface area contributed by atoms with Crippen LogP contribution < -0.4 is 9.64 Å².